The van der Waals surface area contributed by atoms with Crippen molar-refractivity contribution in [3.8, 4) is 0 Å². The SMILES string of the molecule is CNC1CCc2c(nc(C)nc2C(C)C)C1. The Morgan fingerprint density at radius 1 is 1.31 bits per heavy atom. The van der Waals surface area contributed by atoms with E-state index in [4.69, 9.17) is 0 Å². The summed E-state index contributed by atoms with van der Waals surface area (Å²) >= 11 is 0. The minimum absolute atomic E-state index is 0.501. The molecular formula is C13H21N3. The molecule has 0 saturated carbocycles. The maximum Gasteiger partial charge on any atom is 0.125 e. The highest BCUT2D eigenvalue weighted by molar-refractivity contribution is 5.31. The Balaban J connectivity index is 2.41. The summed E-state index contributed by atoms with van der Waals surface area (Å²) in [6.45, 7) is 6.42. The maximum absolute atomic E-state index is 4.61. The molecule has 0 aromatic carbocycles. The first-order chi connectivity index (χ1) is 7.61. The minimum Gasteiger partial charge on any atom is -0.317 e. The molecule has 0 spiro atoms. The van der Waals surface area contributed by atoms with E-state index in [0.717, 1.165) is 18.7 Å². The van der Waals surface area contributed by atoms with E-state index in [1.54, 1.807) is 0 Å². The van der Waals surface area contributed by atoms with Gasteiger partial charge in [0.05, 0.1) is 5.69 Å². The third-order valence-corrected chi connectivity index (χ3v) is 3.37. The van der Waals surface area contributed by atoms with Crippen molar-refractivity contribution in [2.24, 2.45) is 0 Å². The van der Waals surface area contributed by atoms with E-state index in [-0.39, 0.29) is 0 Å². The predicted molar refractivity (Wildman–Crippen MR) is 65.7 cm³/mol. The molecule has 0 amide bonds. The normalized spacial score (nSPS) is 19.9. The molecule has 0 aliphatic heterocycles. The lowest BCUT2D eigenvalue weighted by molar-refractivity contribution is 0.481. The van der Waals surface area contributed by atoms with E-state index in [9.17, 15) is 0 Å². The summed E-state index contributed by atoms with van der Waals surface area (Å²) in [5.74, 6) is 1.42. The Kier molecular flexibility index (Phi) is 3.24. The summed E-state index contributed by atoms with van der Waals surface area (Å²) in [7, 11) is 2.03. The van der Waals surface area contributed by atoms with Crippen molar-refractivity contribution in [1.29, 1.82) is 0 Å². The summed E-state index contributed by atoms with van der Waals surface area (Å²) in [6, 6.07) is 0.585. The van der Waals surface area contributed by atoms with Crippen molar-refractivity contribution >= 4 is 0 Å². The Labute approximate surface area is 97.7 Å². The Bertz CT molecular complexity index is 385. The first-order valence-electron chi connectivity index (χ1n) is 6.15. The lowest BCUT2D eigenvalue weighted by atomic mass is 9.88. The van der Waals surface area contributed by atoms with Crippen LogP contribution in [0.2, 0.25) is 0 Å². The zero-order chi connectivity index (χ0) is 11.7. The van der Waals surface area contributed by atoms with Crippen LogP contribution >= 0.6 is 0 Å². The molecule has 88 valence electrons. The lowest BCUT2D eigenvalue weighted by Gasteiger charge is -2.26. The lowest BCUT2D eigenvalue weighted by Crippen LogP contribution is -2.33. The van der Waals surface area contributed by atoms with E-state index >= 15 is 0 Å². The molecule has 2 rings (SSSR count). The quantitative estimate of drug-likeness (QED) is 0.826. The van der Waals surface area contributed by atoms with Crippen molar-refractivity contribution in [3.05, 3.63) is 22.8 Å². The van der Waals surface area contributed by atoms with Crippen LogP contribution in [0.1, 0.15) is 49.0 Å². The number of nitrogens with zero attached hydrogens (tertiary/aromatic N) is 2. The van der Waals surface area contributed by atoms with Crippen molar-refractivity contribution in [2.75, 3.05) is 7.05 Å². The maximum atomic E-state index is 4.61. The van der Waals surface area contributed by atoms with Crippen LogP contribution in [-0.4, -0.2) is 23.1 Å². The van der Waals surface area contributed by atoms with Crippen LogP contribution < -0.4 is 5.32 Å². The van der Waals surface area contributed by atoms with Gasteiger partial charge in [-0.2, -0.15) is 0 Å². The number of aryl methyl sites for hydroxylation is 1. The number of rotatable bonds is 2. The van der Waals surface area contributed by atoms with Crippen molar-refractivity contribution in [1.82, 2.24) is 15.3 Å². The van der Waals surface area contributed by atoms with E-state index in [1.807, 2.05) is 14.0 Å². The largest absolute Gasteiger partial charge is 0.317 e. The van der Waals surface area contributed by atoms with Crippen molar-refractivity contribution in [3.63, 3.8) is 0 Å². The number of fused-ring (bicyclic) bond motifs is 1. The van der Waals surface area contributed by atoms with Crippen LogP contribution in [0.25, 0.3) is 0 Å². The van der Waals surface area contributed by atoms with Crippen molar-refractivity contribution in [2.45, 2.75) is 52.0 Å². The molecular weight excluding hydrogens is 198 g/mol. The first-order valence-corrected chi connectivity index (χ1v) is 6.15. The summed E-state index contributed by atoms with van der Waals surface area (Å²) in [6.07, 6.45) is 3.37. The number of hydrogen-bond acceptors (Lipinski definition) is 3. The molecule has 3 heteroatoms. The van der Waals surface area contributed by atoms with Gasteiger partial charge in [-0.3, -0.25) is 0 Å². The molecule has 1 aliphatic rings. The van der Waals surface area contributed by atoms with Crippen LogP contribution in [0, 0.1) is 6.92 Å². The second-order valence-electron chi connectivity index (χ2n) is 4.96. The fourth-order valence-corrected chi connectivity index (χ4v) is 2.50. The van der Waals surface area contributed by atoms with Crippen LogP contribution in [0.5, 0.6) is 0 Å². The fraction of sp³-hybridized carbons (Fsp3) is 0.692. The number of likely N-dealkylation sites (N-methyl/N-ethyl adjacent to an activating group) is 1. The topological polar surface area (TPSA) is 37.8 Å². The van der Waals surface area contributed by atoms with Gasteiger partial charge in [-0.25, -0.2) is 9.97 Å². The van der Waals surface area contributed by atoms with Crippen LogP contribution in [-0.2, 0) is 12.8 Å². The van der Waals surface area contributed by atoms with Gasteiger partial charge in [0.2, 0.25) is 0 Å². The number of hydrogen-bond donors (Lipinski definition) is 1. The molecule has 1 aromatic heterocycles. The van der Waals surface area contributed by atoms with Gasteiger partial charge in [0.1, 0.15) is 5.82 Å². The Hall–Kier alpha value is -0.960. The molecule has 3 nitrogen and oxygen atoms in total. The standard InChI is InChI=1S/C13H21N3/c1-8(2)13-11-6-5-10(14-4)7-12(11)15-9(3)16-13/h8,10,14H,5-7H2,1-4H3. The molecule has 1 unspecified atom stereocenters. The average molecular weight is 219 g/mol. The molecule has 1 atom stereocenters. The summed E-state index contributed by atoms with van der Waals surface area (Å²) in [5.41, 5.74) is 3.94. The average Bonchev–Trinajstić information content (AvgIpc) is 2.26. The second kappa shape index (κ2) is 4.50. The zero-order valence-electron chi connectivity index (χ0n) is 10.7. The Morgan fingerprint density at radius 2 is 2.06 bits per heavy atom. The third kappa shape index (κ3) is 2.09. The van der Waals surface area contributed by atoms with E-state index in [1.165, 1.54) is 23.4 Å². The highest BCUT2D eigenvalue weighted by atomic mass is 14.9. The van der Waals surface area contributed by atoms with Crippen LogP contribution in [0.4, 0.5) is 0 Å². The minimum atomic E-state index is 0.501. The molecule has 0 fully saturated rings. The molecule has 0 radical (unpaired) electrons. The van der Waals surface area contributed by atoms with Gasteiger partial charge in [0, 0.05) is 18.2 Å². The fourth-order valence-electron chi connectivity index (χ4n) is 2.50. The van der Waals surface area contributed by atoms with Gasteiger partial charge in [-0.05, 0) is 38.3 Å². The van der Waals surface area contributed by atoms with Crippen LogP contribution in [0.15, 0.2) is 0 Å². The second-order valence-corrected chi connectivity index (χ2v) is 4.96. The Morgan fingerprint density at radius 3 is 2.69 bits per heavy atom. The monoisotopic (exact) mass is 219 g/mol. The van der Waals surface area contributed by atoms with Gasteiger partial charge >= 0.3 is 0 Å². The van der Waals surface area contributed by atoms with Crippen molar-refractivity contribution < 1.29 is 0 Å². The third-order valence-electron chi connectivity index (χ3n) is 3.37. The smallest absolute Gasteiger partial charge is 0.125 e. The van der Waals surface area contributed by atoms with Gasteiger partial charge in [0.25, 0.3) is 0 Å². The molecule has 16 heavy (non-hydrogen) atoms. The zero-order valence-corrected chi connectivity index (χ0v) is 10.7. The van der Waals surface area contributed by atoms with Crippen LogP contribution in [0.3, 0.4) is 0 Å². The molecule has 1 aromatic rings. The van der Waals surface area contributed by atoms with E-state index < -0.39 is 0 Å². The molecule has 0 saturated heterocycles. The molecule has 1 aliphatic carbocycles. The van der Waals surface area contributed by atoms with Gasteiger partial charge < -0.3 is 5.32 Å². The summed E-state index contributed by atoms with van der Waals surface area (Å²) in [5, 5.41) is 3.35. The van der Waals surface area contributed by atoms with E-state index in [0.29, 0.717) is 12.0 Å². The number of aromatic nitrogens is 2. The highest BCUT2D eigenvalue weighted by Crippen LogP contribution is 2.26. The predicted octanol–water partition coefficient (Wildman–Crippen LogP) is 1.99. The first kappa shape index (κ1) is 11.5. The van der Waals surface area contributed by atoms with Gasteiger partial charge in [-0.1, -0.05) is 13.8 Å². The van der Waals surface area contributed by atoms with Gasteiger partial charge in [-0.15, -0.1) is 0 Å². The molecule has 0 bridgehead atoms. The van der Waals surface area contributed by atoms with E-state index in [2.05, 4.69) is 29.1 Å². The number of nitrogens with one attached hydrogen (secondary N) is 1. The van der Waals surface area contributed by atoms with Gasteiger partial charge in [0.15, 0.2) is 0 Å². The molecule has 1 N–H and O–H groups in total. The molecule has 1 heterocycles. The summed E-state index contributed by atoms with van der Waals surface area (Å²) < 4.78 is 0. The highest BCUT2D eigenvalue weighted by Gasteiger charge is 2.23. The summed E-state index contributed by atoms with van der Waals surface area (Å²) in [4.78, 5) is 9.21.